The van der Waals surface area contributed by atoms with Gasteiger partial charge in [0.15, 0.2) is 11.5 Å². The fraction of sp³-hybridized carbons (Fsp3) is 0.364. The molecular formula is C11H10BrF3N6O. The SMILES string of the molecule is CC(C)NC(=O)c1ccc(-n2nc(C(F)(F)F)nc2Br)nn1. The van der Waals surface area contributed by atoms with E-state index in [-0.39, 0.29) is 22.3 Å². The van der Waals surface area contributed by atoms with Gasteiger partial charge in [-0.25, -0.2) is 0 Å². The molecule has 0 saturated heterocycles. The molecule has 0 bridgehead atoms. The first-order valence-corrected chi connectivity index (χ1v) is 6.82. The number of halogens is 4. The van der Waals surface area contributed by atoms with Crippen molar-refractivity contribution in [1.82, 2.24) is 30.3 Å². The van der Waals surface area contributed by atoms with E-state index in [4.69, 9.17) is 0 Å². The molecule has 118 valence electrons. The molecule has 11 heteroatoms. The maximum absolute atomic E-state index is 12.5. The molecule has 2 aromatic heterocycles. The van der Waals surface area contributed by atoms with Crippen molar-refractivity contribution < 1.29 is 18.0 Å². The van der Waals surface area contributed by atoms with Gasteiger partial charge in [0.05, 0.1) is 0 Å². The Labute approximate surface area is 131 Å². The molecule has 2 aromatic rings. The topological polar surface area (TPSA) is 85.6 Å². The Balaban J connectivity index is 2.28. The lowest BCUT2D eigenvalue weighted by Crippen LogP contribution is -2.31. The van der Waals surface area contributed by atoms with Crippen LogP contribution in [-0.2, 0) is 6.18 Å². The zero-order valence-electron chi connectivity index (χ0n) is 11.4. The summed E-state index contributed by atoms with van der Waals surface area (Å²) in [6.07, 6.45) is -4.67. The average Bonchev–Trinajstić information content (AvgIpc) is 2.80. The van der Waals surface area contributed by atoms with Crippen LogP contribution < -0.4 is 5.32 Å². The zero-order valence-corrected chi connectivity index (χ0v) is 13.0. The Morgan fingerprint density at radius 2 is 2.00 bits per heavy atom. The summed E-state index contributed by atoms with van der Waals surface area (Å²) in [5, 5.41) is 13.3. The first-order valence-electron chi connectivity index (χ1n) is 6.03. The lowest BCUT2D eigenvalue weighted by atomic mass is 10.3. The Hall–Kier alpha value is -2.04. The highest BCUT2D eigenvalue weighted by Gasteiger charge is 2.37. The number of nitrogens with zero attached hydrogens (tertiary/aromatic N) is 5. The minimum Gasteiger partial charge on any atom is -0.348 e. The van der Waals surface area contributed by atoms with Crippen molar-refractivity contribution in [3.8, 4) is 5.82 Å². The number of nitrogens with one attached hydrogen (secondary N) is 1. The molecule has 0 aliphatic heterocycles. The molecule has 0 aliphatic carbocycles. The minimum atomic E-state index is -4.67. The highest BCUT2D eigenvalue weighted by atomic mass is 79.9. The van der Waals surface area contributed by atoms with E-state index in [0.29, 0.717) is 0 Å². The normalized spacial score (nSPS) is 11.8. The summed E-state index contributed by atoms with van der Waals surface area (Å²) in [6.45, 7) is 3.57. The molecule has 22 heavy (non-hydrogen) atoms. The maximum Gasteiger partial charge on any atom is 0.453 e. The molecule has 0 spiro atoms. The van der Waals surface area contributed by atoms with E-state index in [1.807, 2.05) is 0 Å². The van der Waals surface area contributed by atoms with Gasteiger partial charge in [0.25, 0.3) is 11.7 Å². The third kappa shape index (κ3) is 3.59. The van der Waals surface area contributed by atoms with Gasteiger partial charge in [0.2, 0.25) is 4.73 Å². The van der Waals surface area contributed by atoms with Crippen molar-refractivity contribution in [3.05, 3.63) is 28.4 Å². The highest BCUT2D eigenvalue weighted by molar-refractivity contribution is 9.10. The molecule has 0 atom stereocenters. The largest absolute Gasteiger partial charge is 0.453 e. The number of hydrogen-bond acceptors (Lipinski definition) is 5. The Bertz CT molecular complexity index is 682. The van der Waals surface area contributed by atoms with E-state index in [1.165, 1.54) is 12.1 Å². The van der Waals surface area contributed by atoms with Crippen LogP contribution in [0.1, 0.15) is 30.2 Å². The van der Waals surface area contributed by atoms with Crippen molar-refractivity contribution in [2.45, 2.75) is 26.1 Å². The van der Waals surface area contributed by atoms with Crippen LogP contribution in [-0.4, -0.2) is 36.9 Å². The summed E-state index contributed by atoms with van der Waals surface area (Å²) in [4.78, 5) is 15.0. The van der Waals surface area contributed by atoms with Crippen molar-refractivity contribution >= 4 is 21.8 Å². The molecule has 0 aromatic carbocycles. The predicted octanol–water partition coefficient (Wildman–Crippen LogP) is 1.98. The molecular weight excluding hydrogens is 369 g/mol. The third-order valence-electron chi connectivity index (χ3n) is 2.34. The van der Waals surface area contributed by atoms with Crippen molar-refractivity contribution in [2.24, 2.45) is 0 Å². The summed E-state index contributed by atoms with van der Waals surface area (Å²) in [5.41, 5.74) is 0.0460. The van der Waals surface area contributed by atoms with Crippen LogP contribution in [0.5, 0.6) is 0 Å². The number of alkyl halides is 3. The molecule has 2 heterocycles. The van der Waals surface area contributed by atoms with E-state index in [0.717, 1.165) is 4.68 Å². The fourth-order valence-corrected chi connectivity index (χ4v) is 1.88. The van der Waals surface area contributed by atoms with Gasteiger partial charge < -0.3 is 5.32 Å². The molecule has 0 aliphatic rings. The maximum atomic E-state index is 12.5. The number of aromatic nitrogens is 5. The van der Waals surface area contributed by atoms with Gasteiger partial charge in [0, 0.05) is 6.04 Å². The highest BCUT2D eigenvalue weighted by Crippen LogP contribution is 2.28. The second kappa shape index (κ2) is 5.99. The summed E-state index contributed by atoms with van der Waals surface area (Å²) in [7, 11) is 0. The summed E-state index contributed by atoms with van der Waals surface area (Å²) in [6, 6.07) is 2.58. The number of carbonyl (C=O) groups excluding carboxylic acids is 1. The van der Waals surface area contributed by atoms with Crippen LogP contribution in [0.2, 0.25) is 0 Å². The van der Waals surface area contributed by atoms with Crippen molar-refractivity contribution in [2.75, 3.05) is 0 Å². The number of amides is 1. The quantitative estimate of drug-likeness (QED) is 0.882. The van der Waals surface area contributed by atoms with Gasteiger partial charge in [-0.1, -0.05) is 0 Å². The Morgan fingerprint density at radius 3 is 2.45 bits per heavy atom. The monoisotopic (exact) mass is 378 g/mol. The van der Waals surface area contributed by atoms with Crippen LogP contribution in [0.4, 0.5) is 13.2 Å². The number of carbonyl (C=O) groups is 1. The number of rotatable bonds is 3. The summed E-state index contributed by atoms with van der Waals surface area (Å²) >= 11 is 2.87. The van der Waals surface area contributed by atoms with E-state index in [9.17, 15) is 18.0 Å². The van der Waals surface area contributed by atoms with Gasteiger partial charge in [-0.2, -0.15) is 22.8 Å². The van der Waals surface area contributed by atoms with Gasteiger partial charge in [-0.15, -0.1) is 15.3 Å². The average molecular weight is 379 g/mol. The van der Waals surface area contributed by atoms with Crippen LogP contribution >= 0.6 is 15.9 Å². The first-order chi connectivity index (χ1) is 10.2. The minimum absolute atomic E-state index is 0.00373. The lowest BCUT2D eigenvalue weighted by Gasteiger charge is -2.07. The molecule has 2 rings (SSSR count). The lowest BCUT2D eigenvalue weighted by molar-refractivity contribution is -0.144. The second-order valence-electron chi connectivity index (χ2n) is 4.52. The first kappa shape index (κ1) is 16.3. The van der Waals surface area contributed by atoms with Crippen molar-refractivity contribution in [1.29, 1.82) is 0 Å². The van der Waals surface area contributed by atoms with Gasteiger partial charge in [0.1, 0.15) is 0 Å². The van der Waals surface area contributed by atoms with Crippen LogP contribution in [0, 0.1) is 0 Å². The standard InChI is InChI=1S/C11H10BrF3N6O/c1-5(2)16-8(22)6-3-4-7(19-18-6)21-10(12)17-9(20-21)11(13,14)15/h3-5H,1-2H3,(H,16,22). The van der Waals surface area contributed by atoms with Crippen LogP contribution in [0.3, 0.4) is 0 Å². The molecule has 7 nitrogen and oxygen atoms in total. The molecule has 1 amide bonds. The molecule has 1 N–H and O–H groups in total. The smallest absolute Gasteiger partial charge is 0.348 e. The van der Waals surface area contributed by atoms with E-state index in [1.54, 1.807) is 13.8 Å². The molecule has 0 fully saturated rings. The molecule has 0 saturated carbocycles. The molecule has 0 unspecified atom stereocenters. The fourth-order valence-electron chi connectivity index (χ4n) is 1.45. The van der Waals surface area contributed by atoms with Crippen molar-refractivity contribution in [3.63, 3.8) is 0 Å². The molecule has 0 radical (unpaired) electrons. The summed E-state index contributed by atoms with van der Waals surface area (Å²) in [5.74, 6) is -1.73. The van der Waals surface area contributed by atoms with E-state index < -0.39 is 17.9 Å². The second-order valence-corrected chi connectivity index (χ2v) is 5.23. The van der Waals surface area contributed by atoms with E-state index >= 15 is 0 Å². The van der Waals surface area contributed by atoms with Crippen LogP contribution in [0.15, 0.2) is 16.9 Å². The van der Waals surface area contributed by atoms with Crippen LogP contribution in [0.25, 0.3) is 5.82 Å². The van der Waals surface area contributed by atoms with E-state index in [2.05, 4.69) is 41.5 Å². The third-order valence-corrected chi connectivity index (χ3v) is 2.85. The zero-order chi connectivity index (χ0) is 16.5. The van der Waals surface area contributed by atoms with Gasteiger partial charge in [-0.3, -0.25) is 4.79 Å². The van der Waals surface area contributed by atoms with Gasteiger partial charge >= 0.3 is 6.18 Å². The van der Waals surface area contributed by atoms with Gasteiger partial charge in [-0.05, 0) is 41.9 Å². The Morgan fingerprint density at radius 1 is 1.32 bits per heavy atom. The Kier molecular flexibility index (Phi) is 4.44. The number of hydrogen-bond donors (Lipinski definition) is 1. The predicted molar refractivity (Wildman–Crippen MR) is 72.3 cm³/mol. The summed E-state index contributed by atoms with van der Waals surface area (Å²) < 4.78 is 38.3.